The van der Waals surface area contributed by atoms with Crippen LogP contribution in [0, 0.1) is 21.7 Å². The molecular formula is C16H10ClF2N5O2. The first kappa shape index (κ1) is 17.5. The molecule has 0 saturated carbocycles. The maximum Gasteiger partial charge on any atom is 0.353 e. The van der Waals surface area contributed by atoms with Crippen molar-refractivity contribution in [2.45, 2.75) is 0 Å². The van der Waals surface area contributed by atoms with Crippen LogP contribution in [0.3, 0.4) is 0 Å². The second-order valence-electron chi connectivity index (χ2n) is 5.06. The number of anilines is 4. The van der Waals surface area contributed by atoms with Crippen molar-refractivity contribution >= 4 is 40.3 Å². The summed E-state index contributed by atoms with van der Waals surface area (Å²) in [5, 5.41) is 16.8. The van der Waals surface area contributed by atoms with E-state index in [4.69, 9.17) is 11.6 Å². The van der Waals surface area contributed by atoms with E-state index in [0.29, 0.717) is 11.4 Å². The van der Waals surface area contributed by atoms with E-state index in [2.05, 4.69) is 20.6 Å². The Morgan fingerprint density at radius 3 is 2.12 bits per heavy atom. The van der Waals surface area contributed by atoms with Crippen LogP contribution in [0.2, 0.25) is 5.02 Å². The Morgan fingerprint density at radius 2 is 1.54 bits per heavy atom. The molecule has 0 unspecified atom stereocenters. The summed E-state index contributed by atoms with van der Waals surface area (Å²) in [4.78, 5) is 18.6. The minimum absolute atomic E-state index is 0.0904. The predicted molar refractivity (Wildman–Crippen MR) is 93.1 cm³/mol. The Balaban J connectivity index is 1.96. The van der Waals surface area contributed by atoms with Gasteiger partial charge in [-0.05, 0) is 42.5 Å². The van der Waals surface area contributed by atoms with Crippen molar-refractivity contribution in [3.63, 3.8) is 0 Å². The minimum atomic E-state index is -0.667. The van der Waals surface area contributed by atoms with Gasteiger partial charge in [0.1, 0.15) is 18.0 Å². The van der Waals surface area contributed by atoms with Gasteiger partial charge in [-0.1, -0.05) is 11.6 Å². The molecule has 10 heteroatoms. The summed E-state index contributed by atoms with van der Waals surface area (Å²) in [6.07, 6.45) is 1.12. The number of benzene rings is 2. The number of nitrogens with one attached hydrogen (secondary N) is 2. The van der Waals surface area contributed by atoms with Crippen LogP contribution in [0.15, 0.2) is 48.8 Å². The second-order valence-corrected chi connectivity index (χ2v) is 5.47. The highest BCUT2D eigenvalue weighted by Crippen LogP contribution is 2.33. The third-order valence-corrected chi connectivity index (χ3v) is 3.58. The number of hydrogen-bond donors (Lipinski definition) is 2. The summed E-state index contributed by atoms with van der Waals surface area (Å²) in [6, 6.07) is 8.98. The monoisotopic (exact) mass is 377 g/mol. The fraction of sp³-hybridized carbons (Fsp3) is 0. The lowest BCUT2D eigenvalue weighted by molar-refractivity contribution is -0.383. The van der Waals surface area contributed by atoms with Crippen molar-refractivity contribution in [2.75, 3.05) is 10.6 Å². The Kier molecular flexibility index (Phi) is 4.90. The van der Waals surface area contributed by atoms with Gasteiger partial charge >= 0.3 is 5.69 Å². The average molecular weight is 378 g/mol. The third kappa shape index (κ3) is 3.83. The molecule has 1 heterocycles. The van der Waals surface area contributed by atoms with Gasteiger partial charge < -0.3 is 10.6 Å². The van der Waals surface area contributed by atoms with Crippen molar-refractivity contribution < 1.29 is 13.7 Å². The van der Waals surface area contributed by atoms with E-state index >= 15 is 0 Å². The summed E-state index contributed by atoms with van der Waals surface area (Å²) >= 11 is 5.71. The molecule has 2 N–H and O–H groups in total. The Bertz CT molecular complexity index is 969. The summed E-state index contributed by atoms with van der Waals surface area (Å²) in [5.74, 6) is -1.26. The molecule has 0 saturated heterocycles. The fourth-order valence-electron chi connectivity index (χ4n) is 2.12. The van der Waals surface area contributed by atoms with Crippen LogP contribution >= 0.6 is 11.6 Å². The van der Waals surface area contributed by atoms with Crippen molar-refractivity contribution in [1.29, 1.82) is 0 Å². The van der Waals surface area contributed by atoms with Crippen LogP contribution in [0.1, 0.15) is 0 Å². The SMILES string of the molecule is O=[N+]([O-])c1c(Nc2ccc(F)cc2)ncnc1Nc1ccc(F)c(Cl)c1. The molecule has 0 amide bonds. The van der Waals surface area contributed by atoms with Gasteiger partial charge in [-0.15, -0.1) is 0 Å². The normalized spacial score (nSPS) is 10.4. The Hall–Kier alpha value is -3.33. The molecule has 132 valence electrons. The van der Waals surface area contributed by atoms with E-state index in [-0.39, 0.29) is 16.7 Å². The van der Waals surface area contributed by atoms with Crippen LogP contribution in [0.5, 0.6) is 0 Å². The first-order valence-electron chi connectivity index (χ1n) is 7.18. The van der Waals surface area contributed by atoms with Gasteiger partial charge in [-0.25, -0.2) is 18.7 Å². The smallest absolute Gasteiger partial charge is 0.334 e. The largest absolute Gasteiger partial charge is 0.353 e. The van der Waals surface area contributed by atoms with Crippen LogP contribution in [-0.4, -0.2) is 14.9 Å². The molecule has 1 aromatic heterocycles. The Labute approximate surface area is 150 Å². The van der Waals surface area contributed by atoms with E-state index in [1.807, 2.05) is 0 Å². The van der Waals surface area contributed by atoms with Gasteiger partial charge in [0.25, 0.3) is 0 Å². The third-order valence-electron chi connectivity index (χ3n) is 3.29. The van der Waals surface area contributed by atoms with Crippen molar-refractivity contribution in [3.8, 4) is 0 Å². The lowest BCUT2D eigenvalue weighted by Crippen LogP contribution is -2.05. The quantitative estimate of drug-likeness (QED) is 0.490. The molecule has 2 aromatic carbocycles. The maximum absolute atomic E-state index is 13.2. The summed E-state index contributed by atoms with van der Waals surface area (Å²) < 4.78 is 26.2. The first-order valence-corrected chi connectivity index (χ1v) is 7.56. The number of nitrogens with zero attached hydrogens (tertiary/aromatic N) is 3. The molecule has 0 radical (unpaired) electrons. The molecule has 0 fully saturated rings. The zero-order valence-electron chi connectivity index (χ0n) is 12.9. The highest BCUT2D eigenvalue weighted by atomic mass is 35.5. The molecule has 0 bridgehead atoms. The molecular weight excluding hydrogens is 368 g/mol. The molecule has 3 rings (SSSR count). The molecule has 0 aliphatic carbocycles. The second kappa shape index (κ2) is 7.28. The predicted octanol–water partition coefficient (Wildman–Crippen LogP) is 4.80. The summed E-state index contributed by atoms with van der Waals surface area (Å²) in [6.45, 7) is 0. The molecule has 0 spiro atoms. The van der Waals surface area contributed by atoms with E-state index < -0.39 is 22.2 Å². The van der Waals surface area contributed by atoms with Crippen molar-refractivity contribution in [2.24, 2.45) is 0 Å². The van der Waals surface area contributed by atoms with Gasteiger partial charge in [0.05, 0.1) is 9.95 Å². The number of rotatable bonds is 5. The van der Waals surface area contributed by atoms with Crippen molar-refractivity contribution in [3.05, 3.63) is 75.6 Å². The minimum Gasteiger partial charge on any atom is -0.334 e. The maximum atomic E-state index is 13.2. The zero-order valence-corrected chi connectivity index (χ0v) is 13.7. The van der Waals surface area contributed by atoms with E-state index in [1.165, 1.54) is 36.4 Å². The fourth-order valence-corrected chi connectivity index (χ4v) is 2.30. The zero-order chi connectivity index (χ0) is 18.7. The van der Waals surface area contributed by atoms with Crippen LogP contribution in [0.4, 0.5) is 37.5 Å². The van der Waals surface area contributed by atoms with E-state index in [9.17, 15) is 18.9 Å². The van der Waals surface area contributed by atoms with E-state index in [0.717, 1.165) is 12.4 Å². The number of aromatic nitrogens is 2. The molecule has 7 nitrogen and oxygen atoms in total. The topological polar surface area (TPSA) is 93.0 Å². The van der Waals surface area contributed by atoms with Crippen LogP contribution < -0.4 is 10.6 Å². The summed E-state index contributed by atoms with van der Waals surface area (Å²) in [5.41, 5.74) is 0.284. The van der Waals surface area contributed by atoms with Crippen molar-refractivity contribution in [1.82, 2.24) is 9.97 Å². The van der Waals surface area contributed by atoms with Gasteiger partial charge in [-0.2, -0.15) is 0 Å². The van der Waals surface area contributed by atoms with Crippen LogP contribution in [0.25, 0.3) is 0 Å². The number of hydrogen-bond acceptors (Lipinski definition) is 6. The first-order chi connectivity index (χ1) is 12.4. The lowest BCUT2D eigenvalue weighted by Gasteiger charge is -2.10. The molecule has 3 aromatic rings. The van der Waals surface area contributed by atoms with Gasteiger partial charge in [0.2, 0.25) is 11.6 Å². The highest BCUT2D eigenvalue weighted by Gasteiger charge is 2.23. The van der Waals surface area contributed by atoms with Gasteiger partial charge in [0, 0.05) is 11.4 Å². The summed E-state index contributed by atoms with van der Waals surface area (Å²) in [7, 11) is 0. The molecule has 0 aliphatic heterocycles. The Morgan fingerprint density at radius 1 is 0.962 bits per heavy atom. The number of nitro groups is 1. The molecule has 0 atom stereocenters. The average Bonchev–Trinajstić information content (AvgIpc) is 2.60. The molecule has 26 heavy (non-hydrogen) atoms. The number of halogens is 3. The van der Waals surface area contributed by atoms with Gasteiger partial charge in [0.15, 0.2) is 0 Å². The highest BCUT2D eigenvalue weighted by molar-refractivity contribution is 6.31. The molecule has 0 aliphatic rings. The van der Waals surface area contributed by atoms with Crippen LogP contribution in [-0.2, 0) is 0 Å². The van der Waals surface area contributed by atoms with Gasteiger partial charge in [-0.3, -0.25) is 10.1 Å². The van der Waals surface area contributed by atoms with E-state index in [1.54, 1.807) is 0 Å². The lowest BCUT2D eigenvalue weighted by atomic mass is 10.3. The standard InChI is InChI=1S/C16H10ClF2N5O2/c17-12-7-11(5-6-13(12)19)23-16-14(24(25)26)15(20-8-21-16)22-10-3-1-9(18)2-4-10/h1-8H,(H2,20,21,22,23).